The van der Waals surface area contributed by atoms with Crippen LogP contribution >= 0.6 is 0 Å². The van der Waals surface area contributed by atoms with E-state index in [4.69, 9.17) is 13.9 Å². The van der Waals surface area contributed by atoms with Gasteiger partial charge in [0.2, 0.25) is 0 Å². The second kappa shape index (κ2) is 5.99. The SMILES string of the molecule is CCC(C[SiH]1CCCCO1)OCC1CO1. The highest BCUT2D eigenvalue weighted by Gasteiger charge is 2.26. The van der Waals surface area contributed by atoms with Gasteiger partial charge in [0.15, 0.2) is 9.04 Å². The minimum atomic E-state index is -0.910. The van der Waals surface area contributed by atoms with Crippen molar-refractivity contribution < 1.29 is 13.9 Å². The van der Waals surface area contributed by atoms with Crippen molar-refractivity contribution in [2.24, 2.45) is 0 Å². The topological polar surface area (TPSA) is 31.0 Å². The van der Waals surface area contributed by atoms with Crippen LogP contribution in [0.5, 0.6) is 0 Å². The summed E-state index contributed by atoms with van der Waals surface area (Å²) in [5.41, 5.74) is 0. The Labute approximate surface area is 93.8 Å². The number of hydrogen-bond acceptors (Lipinski definition) is 3. The lowest BCUT2D eigenvalue weighted by Crippen LogP contribution is -2.29. The first-order chi connectivity index (χ1) is 7.38. The Bertz CT molecular complexity index is 179. The van der Waals surface area contributed by atoms with E-state index in [1.807, 2.05) is 0 Å². The van der Waals surface area contributed by atoms with Crippen molar-refractivity contribution in [2.75, 3.05) is 19.8 Å². The molecule has 2 rings (SSSR count). The maximum Gasteiger partial charge on any atom is 0.179 e. The summed E-state index contributed by atoms with van der Waals surface area (Å²) in [5.74, 6) is 0. The highest BCUT2D eigenvalue weighted by molar-refractivity contribution is 6.52. The Morgan fingerprint density at radius 3 is 2.93 bits per heavy atom. The van der Waals surface area contributed by atoms with Crippen LogP contribution in [0, 0.1) is 0 Å². The van der Waals surface area contributed by atoms with Gasteiger partial charge in [0.25, 0.3) is 0 Å². The fraction of sp³-hybridized carbons (Fsp3) is 1.00. The zero-order chi connectivity index (χ0) is 10.5. The molecule has 0 spiro atoms. The van der Waals surface area contributed by atoms with Gasteiger partial charge in [-0.1, -0.05) is 13.3 Å². The van der Waals surface area contributed by atoms with Gasteiger partial charge in [0, 0.05) is 6.61 Å². The van der Waals surface area contributed by atoms with Gasteiger partial charge in [-0.15, -0.1) is 0 Å². The molecule has 0 bridgehead atoms. The lowest BCUT2D eigenvalue weighted by atomic mass is 10.3. The molecule has 0 N–H and O–H groups in total. The summed E-state index contributed by atoms with van der Waals surface area (Å²) < 4.78 is 16.9. The third-order valence-electron chi connectivity index (χ3n) is 3.18. The predicted molar refractivity (Wildman–Crippen MR) is 61.7 cm³/mol. The molecule has 0 aromatic rings. The molecule has 2 aliphatic heterocycles. The van der Waals surface area contributed by atoms with Gasteiger partial charge in [-0.3, -0.25) is 0 Å². The van der Waals surface area contributed by atoms with Crippen molar-refractivity contribution in [3.8, 4) is 0 Å². The van der Waals surface area contributed by atoms with E-state index in [0.717, 1.165) is 26.2 Å². The summed E-state index contributed by atoms with van der Waals surface area (Å²) in [6, 6.07) is 2.54. The van der Waals surface area contributed by atoms with Gasteiger partial charge in [-0.25, -0.2) is 0 Å². The molecule has 88 valence electrons. The molecular formula is C11H22O3Si. The Balaban J connectivity index is 1.63. The maximum absolute atomic E-state index is 5.86. The monoisotopic (exact) mass is 230 g/mol. The Morgan fingerprint density at radius 2 is 2.33 bits per heavy atom. The molecule has 2 aliphatic rings. The van der Waals surface area contributed by atoms with Crippen molar-refractivity contribution in [2.45, 2.75) is 50.5 Å². The van der Waals surface area contributed by atoms with Crippen molar-refractivity contribution in [1.82, 2.24) is 0 Å². The lowest BCUT2D eigenvalue weighted by molar-refractivity contribution is 0.0491. The molecule has 0 radical (unpaired) electrons. The van der Waals surface area contributed by atoms with Gasteiger partial charge in [-0.2, -0.15) is 0 Å². The van der Waals surface area contributed by atoms with Gasteiger partial charge < -0.3 is 13.9 Å². The van der Waals surface area contributed by atoms with Crippen LogP contribution in [-0.2, 0) is 13.9 Å². The quantitative estimate of drug-likeness (QED) is 0.514. The summed E-state index contributed by atoms with van der Waals surface area (Å²) in [6.45, 7) is 4.89. The summed E-state index contributed by atoms with van der Waals surface area (Å²) in [5, 5.41) is 0. The maximum atomic E-state index is 5.86. The Morgan fingerprint density at radius 1 is 1.47 bits per heavy atom. The molecule has 3 unspecified atom stereocenters. The summed E-state index contributed by atoms with van der Waals surface area (Å²) >= 11 is 0. The van der Waals surface area contributed by atoms with Crippen LogP contribution in [0.2, 0.25) is 12.1 Å². The highest BCUT2D eigenvalue weighted by atomic mass is 28.3. The van der Waals surface area contributed by atoms with E-state index < -0.39 is 9.04 Å². The molecule has 2 saturated heterocycles. The minimum absolute atomic E-state index is 0.396. The molecule has 0 aromatic heterocycles. The van der Waals surface area contributed by atoms with E-state index in [0.29, 0.717) is 12.2 Å². The fourth-order valence-corrected chi connectivity index (χ4v) is 4.89. The molecular weight excluding hydrogens is 208 g/mol. The molecule has 0 aromatic carbocycles. The lowest BCUT2D eigenvalue weighted by Gasteiger charge is -2.25. The number of epoxide rings is 1. The van der Waals surface area contributed by atoms with Crippen LogP contribution in [0.25, 0.3) is 0 Å². The average Bonchev–Trinajstić information content (AvgIpc) is 3.09. The molecule has 0 aliphatic carbocycles. The van der Waals surface area contributed by atoms with Crippen LogP contribution in [-0.4, -0.2) is 41.1 Å². The predicted octanol–water partition coefficient (Wildman–Crippen LogP) is 1.71. The number of hydrogen-bond donors (Lipinski definition) is 0. The molecule has 0 saturated carbocycles. The molecule has 15 heavy (non-hydrogen) atoms. The van der Waals surface area contributed by atoms with E-state index in [2.05, 4.69) is 6.92 Å². The van der Waals surface area contributed by atoms with Crippen LogP contribution in [0.1, 0.15) is 26.2 Å². The van der Waals surface area contributed by atoms with E-state index in [1.54, 1.807) is 0 Å². The fourth-order valence-electron chi connectivity index (χ4n) is 2.05. The van der Waals surface area contributed by atoms with Gasteiger partial charge >= 0.3 is 0 Å². The van der Waals surface area contributed by atoms with E-state index in [9.17, 15) is 0 Å². The zero-order valence-electron chi connectivity index (χ0n) is 9.61. The van der Waals surface area contributed by atoms with E-state index in [-0.39, 0.29) is 0 Å². The largest absolute Gasteiger partial charge is 0.420 e. The summed E-state index contributed by atoms with van der Waals surface area (Å²) in [7, 11) is -0.910. The van der Waals surface area contributed by atoms with Gasteiger partial charge in [0.1, 0.15) is 6.10 Å². The first-order valence-corrected chi connectivity index (χ1v) is 8.33. The first-order valence-electron chi connectivity index (χ1n) is 6.23. The third-order valence-corrected chi connectivity index (χ3v) is 5.99. The van der Waals surface area contributed by atoms with E-state index in [1.165, 1.54) is 24.9 Å². The average molecular weight is 230 g/mol. The second-order valence-electron chi connectivity index (χ2n) is 4.54. The minimum Gasteiger partial charge on any atom is -0.420 e. The number of rotatable bonds is 6. The van der Waals surface area contributed by atoms with Crippen LogP contribution in [0.3, 0.4) is 0 Å². The Kier molecular flexibility index (Phi) is 4.62. The molecule has 3 atom stereocenters. The van der Waals surface area contributed by atoms with Gasteiger partial charge in [0.05, 0.1) is 19.3 Å². The molecule has 2 fully saturated rings. The van der Waals surface area contributed by atoms with E-state index >= 15 is 0 Å². The molecule has 3 nitrogen and oxygen atoms in total. The normalized spacial score (nSPS) is 32.6. The standard InChI is InChI=1S/C11H22O3Si/c1-2-10(12-7-11-8-13-11)9-15-6-4-3-5-14-15/h10-11,15H,2-9H2,1H3. The van der Waals surface area contributed by atoms with Crippen molar-refractivity contribution >= 4 is 9.04 Å². The smallest absolute Gasteiger partial charge is 0.179 e. The van der Waals surface area contributed by atoms with Crippen LogP contribution in [0.15, 0.2) is 0 Å². The second-order valence-corrected chi connectivity index (χ2v) is 7.17. The summed E-state index contributed by atoms with van der Waals surface area (Å²) in [4.78, 5) is 0. The molecule has 0 amide bonds. The first kappa shape index (κ1) is 11.6. The van der Waals surface area contributed by atoms with Crippen molar-refractivity contribution in [1.29, 1.82) is 0 Å². The molecule has 2 heterocycles. The third kappa shape index (κ3) is 4.22. The number of ether oxygens (including phenoxy) is 2. The summed E-state index contributed by atoms with van der Waals surface area (Å²) in [6.07, 6.45) is 4.56. The van der Waals surface area contributed by atoms with Gasteiger partial charge in [-0.05, 0) is 24.9 Å². The van der Waals surface area contributed by atoms with Crippen molar-refractivity contribution in [3.05, 3.63) is 0 Å². The Hall–Kier alpha value is 0.0969. The highest BCUT2D eigenvalue weighted by Crippen LogP contribution is 2.19. The van der Waals surface area contributed by atoms with Crippen LogP contribution < -0.4 is 0 Å². The van der Waals surface area contributed by atoms with Crippen LogP contribution in [0.4, 0.5) is 0 Å². The molecule has 4 heteroatoms. The van der Waals surface area contributed by atoms with Crippen molar-refractivity contribution in [3.63, 3.8) is 0 Å². The zero-order valence-corrected chi connectivity index (χ0v) is 10.8.